The molecule has 0 aliphatic rings. The van der Waals surface area contributed by atoms with E-state index in [-0.39, 0.29) is 34.3 Å². The number of alkyl halides is 3. The van der Waals surface area contributed by atoms with Crippen LogP contribution < -0.4 is 21.4 Å². The first-order valence-corrected chi connectivity index (χ1v) is 9.86. The van der Waals surface area contributed by atoms with Gasteiger partial charge in [-0.05, 0) is 18.2 Å². The molecule has 3 heterocycles. The number of fused-ring (bicyclic) bond motifs is 1. The third-order valence-electron chi connectivity index (χ3n) is 4.38. The Morgan fingerprint density at radius 2 is 2.06 bits per heavy atom. The largest absolute Gasteiger partial charge is 0.573 e. The van der Waals surface area contributed by atoms with E-state index in [0.717, 1.165) is 32.4 Å². The van der Waals surface area contributed by atoms with Crippen molar-refractivity contribution in [3.63, 3.8) is 0 Å². The first kappa shape index (κ1) is 22.2. The summed E-state index contributed by atoms with van der Waals surface area (Å²) in [6.45, 7) is 0. The van der Waals surface area contributed by atoms with Gasteiger partial charge in [0, 0.05) is 18.0 Å². The second-order valence-corrected chi connectivity index (χ2v) is 7.49. The van der Waals surface area contributed by atoms with Gasteiger partial charge in [-0.15, -0.1) is 24.5 Å². The number of ether oxygens (including phenoxy) is 1. The number of aromatic amines is 1. The van der Waals surface area contributed by atoms with Crippen molar-refractivity contribution in [2.24, 2.45) is 7.05 Å². The predicted octanol–water partition coefficient (Wildman–Crippen LogP) is 2.06. The van der Waals surface area contributed by atoms with Crippen molar-refractivity contribution in [3.05, 3.63) is 62.3 Å². The Hall–Kier alpha value is -4.01. The number of hydrogen-bond donors (Lipinski definition) is 2. The number of nitrogens with one attached hydrogen (secondary N) is 2. The highest BCUT2D eigenvalue weighted by atomic mass is 32.1. The molecule has 0 atom stereocenters. The van der Waals surface area contributed by atoms with Gasteiger partial charge in [0.05, 0.1) is 24.0 Å². The standard InChI is InChI=1S/C18H12F4N6O4S/c1-27-16(30)26-14-23-6-9(28(14)17(27)31)5-13(29)25-15-24-11(7-33-15)8-2-3-12(10(19)4-8)32-18(20,21)22/h2-4,6-7H,5H2,1H3,(H,23,26,30)(H,24,25,29). The summed E-state index contributed by atoms with van der Waals surface area (Å²) in [6, 6.07) is 2.85. The van der Waals surface area contributed by atoms with Crippen molar-refractivity contribution in [1.82, 2.24) is 23.9 Å². The number of carbonyl (C=O) groups excluding carboxylic acids is 1. The number of imidazole rings is 1. The maximum atomic E-state index is 13.9. The van der Waals surface area contributed by atoms with E-state index in [1.165, 1.54) is 24.7 Å². The number of anilines is 1. The Bertz CT molecular complexity index is 1490. The van der Waals surface area contributed by atoms with E-state index in [1.54, 1.807) is 0 Å². The summed E-state index contributed by atoms with van der Waals surface area (Å²) in [7, 11) is 1.27. The summed E-state index contributed by atoms with van der Waals surface area (Å²) in [6.07, 6.45) is -4.02. The number of nitrogens with zero attached hydrogens (tertiary/aromatic N) is 4. The van der Waals surface area contributed by atoms with Gasteiger partial charge in [-0.3, -0.25) is 9.78 Å². The molecular formula is C18H12F4N6O4S. The molecular weight excluding hydrogens is 472 g/mol. The zero-order chi connectivity index (χ0) is 23.9. The van der Waals surface area contributed by atoms with E-state index in [0.29, 0.717) is 0 Å². The van der Waals surface area contributed by atoms with E-state index < -0.39 is 35.2 Å². The number of amides is 1. The van der Waals surface area contributed by atoms with Crippen LogP contribution in [-0.2, 0) is 18.3 Å². The Labute approximate surface area is 184 Å². The average molecular weight is 484 g/mol. The first-order chi connectivity index (χ1) is 15.5. The van der Waals surface area contributed by atoms with E-state index in [2.05, 4.69) is 25.0 Å². The summed E-state index contributed by atoms with van der Waals surface area (Å²) in [5.74, 6) is -2.76. The fourth-order valence-electron chi connectivity index (χ4n) is 2.89. The van der Waals surface area contributed by atoms with Gasteiger partial charge in [0.25, 0.3) is 0 Å². The summed E-state index contributed by atoms with van der Waals surface area (Å²) in [4.78, 5) is 46.8. The molecule has 3 aromatic heterocycles. The highest BCUT2D eigenvalue weighted by Gasteiger charge is 2.32. The number of H-pyrrole nitrogens is 1. The lowest BCUT2D eigenvalue weighted by Crippen LogP contribution is -2.37. The van der Waals surface area contributed by atoms with E-state index in [1.807, 2.05) is 0 Å². The van der Waals surface area contributed by atoms with Crippen molar-refractivity contribution >= 4 is 28.2 Å². The van der Waals surface area contributed by atoms with E-state index in [4.69, 9.17) is 0 Å². The molecule has 15 heteroatoms. The Kier molecular flexibility index (Phi) is 5.49. The van der Waals surface area contributed by atoms with Crippen LogP contribution in [0.25, 0.3) is 17.0 Å². The molecule has 4 aromatic rings. The fraction of sp³-hybridized carbons (Fsp3) is 0.167. The van der Waals surface area contributed by atoms with Crippen LogP contribution in [-0.4, -0.2) is 36.2 Å². The number of rotatable bonds is 5. The van der Waals surface area contributed by atoms with Gasteiger partial charge in [-0.1, -0.05) is 0 Å². The normalized spacial score (nSPS) is 11.7. The van der Waals surface area contributed by atoms with Crippen LogP contribution in [0, 0.1) is 5.82 Å². The van der Waals surface area contributed by atoms with Gasteiger partial charge in [-0.25, -0.2) is 32.9 Å². The van der Waals surface area contributed by atoms with Crippen LogP contribution in [0.4, 0.5) is 22.7 Å². The maximum absolute atomic E-state index is 13.9. The lowest BCUT2D eigenvalue weighted by molar-refractivity contribution is -0.275. The molecule has 0 unspecified atom stereocenters. The Morgan fingerprint density at radius 1 is 1.30 bits per heavy atom. The average Bonchev–Trinajstić information content (AvgIpc) is 3.34. The molecule has 1 aromatic carbocycles. The lowest BCUT2D eigenvalue weighted by Gasteiger charge is -2.10. The predicted molar refractivity (Wildman–Crippen MR) is 108 cm³/mol. The van der Waals surface area contributed by atoms with E-state index >= 15 is 0 Å². The zero-order valence-corrected chi connectivity index (χ0v) is 17.3. The van der Waals surface area contributed by atoms with Crippen LogP contribution in [0.15, 0.2) is 39.4 Å². The van der Waals surface area contributed by atoms with Crippen molar-refractivity contribution in [2.45, 2.75) is 12.8 Å². The van der Waals surface area contributed by atoms with Crippen LogP contribution in [0.3, 0.4) is 0 Å². The number of benzene rings is 1. The fourth-order valence-corrected chi connectivity index (χ4v) is 3.63. The van der Waals surface area contributed by atoms with Gasteiger partial charge in [0.1, 0.15) is 0 Å². The number of halogens is 4. The molecule has 172 valence electrons. The highest BCUT2D eigenvalue weighted by Crippen LogP contribution is 2.31. The van der Waals surface area contributed by atoms with Crippen molar-refractivity contribution in [2.75, 3.05) is 5.32 Å². The monoisotopic (exact) mass is 484 g/mol. The molecule has 0 aliphatic heterocycles. The number of carbonyl (C=O) groups is 1. The minimum absolute atomic E-state index is 0.0117. The zero-order valence-electron chi connectivity index (χ0n) is 16.4. The Balaban J connectivity index is 1.49. The molecule has 0 spiro atoms. The summed E-state index contributed by atoms with van der Waals surface area (Å²) in [5.41, 5.74) is -0.718. The summed E-state index contributed by atoms with van der Waals surface area (Å²) < 4.78 is 56.2. The molecule has 2 N–H and O–H groups in total. The van der Waals surface area contributed by atoms with Crippen molar-refractivity contribution in [3.8, 4) is 17.0 Å². The number of hydrogen-bond acceptors (Lipinski definition) is 7. The van der Waals surface area contributed by atoms with Gasteiger partial charge in [0.15, 0.2) is 16.7 Å². The maximum Gasteiger partial charge on any atom is 0.573 e. The smallest absolute Gasteiger partial charge is 0.403 e. The first-order valence-electron chi connectivity index (χ1n) is 8.98. The molecule has 10 nitrogen and oxygen atoms in total. The topological polar surface area (TPSA) is 123 Å². The van der Waals surface area contributed by atoms with Crippen LogP contribution in [0.5, 0.6) is 5.75 Å². The molecule has 0 fully saturated rings. The molecule has 0 bridgehead atoms. The number of aromatic nitrogens is 5. The van der Waals surface area contributed by atoms with Gasteiger partial charge in [0.2, 0.25) is 11.7 Å². The Morgan fingerprint density at radius 3 is 2.76 bits per heavy atom. The minimum Gasteiger partial charge on any atom is -0.403 e. The van der Waals surface area contributed by atoms with Crippen LogP contribution in [0.1, 0.15) is 5.69 Å². The lowest BCUT2D eigenvalue weighted by atomic mass is 10.1. The second kappa shape index (κ2) is 8.16. The van der Waals surface area contributed by atoms with Crippen molar-refractivity contribution in [1.29, 1.82) is 0 Å². The summed E-state index contributed by atoms with van der Waals surface area (Å²) in [5, 5.41) is 4.13. The van der Waals surface area contributed by atoms with Gasteiger partial charge in [-0.2, -0.15) is 0 Å². The molecule has 0 saturated carbocycles. The molecule has 0 aliphatic carbocycles. The van der Waals surface area contributed by atoms with Crippen LogP contribution in [0.2, 0.25) is 0 Å². The molecule has 33 heavy (non-hydrogen) atoms. The molecule has 1 amide bonds. The highest BCUT2D eigenvalue weighted by molar-refractivity contribution is 7.14. The molecule has 0 saturated heterocycles. The third-order valence-corrected chi connectivity index (χ3v) is 5.14. The van der Waals surface area contributed by atoms with Crippen LogP contribution >= 0.6 is 11.3 Å². The number of thiazole rings is 1. The SMILES string of the molecule is Cn1c(=O)[nH]c2ncc(CC(=O)Nc3nc(-c4ccc(OC(F)(F)F)c(F)c4)cs3)n2c1=O. The van der Waals surface area contributed by atoms with E-state index in [9.17, 15) is 31.9 Å². The third kappa shape index (κ3) is 4.62. The second-order valence-electron chi connectivity index (χ2n) is 6.64. The quantitative estimate of drug-likeness (QED) is 0.418. The van der Waals surface area contributed by atoms with Crippen molar-refractivity contribution < 1.29 is 27.1 Å². The van der Waals surface area contributed by atoms with Gasteiger partial charge >= 0.3 is 17.7 Å². The van der Waals surface area contributed by atoms with Gasteiger partial charge < -0.3 is 10.1 Å². The molecule has 0 radical (unpaired) electrons. The summed E-state index contributed by atoms with van der Waals surface area (Å²) >= 11 is 1.00. The molecule has 4 rings (SSSR count). The minimum atomic E-state index is -5.03.